The van der Waals surface area contributed by atoms with Crippen LogP contribution < -0.4 is 14.2 Å². The molecule has 2 rings (SSSR count). The molecule has 0 unspecified atom stereocenters. The lowest BCUT2D eigenvalue weighted by molar-refractivity contribution is 0.332. The van der Waals surface area contributed by atoms with Crippen LogP contribution in [0.2, 0.25) is 10.3 Å². The first-order valence-corrected chi connectivity index (χ1v) is 9.35. The molecule has 1 aromatic heterocycles. The number of rotatable bonds is 7. The molecule has 0 bridgehead atoms. The van der Waals surface area contributed by atoms with E-state index in [1.807, 2.05) is 6.92 Å². The number of benzene rings is 1. The topological polar surface area (TPSA) is 77.5 Å². The molecular weight excluding hydrogens is 375 g/mol. The second kappa shape index (κ2) is 7.92. The van der Waals surface area contributed by atoms with Crippen LogP contribution in [0.4, 0.5) is 5.69 Å². The molecule has 0 atom stereocenters. The van der Waals surface area contributed by atoms with Crippen molar-refractivity contribution in [3.63, 3.8) is 0 Å². The van der Waals surface area contributed by atoms with Crippen molar-refractivity contribution < 1.29 is 17.9 Å². The summed E-state index contributed by atoms with van der Waals surface area (Å²) in [6, 6.07) is 7.51. The normalized spacial score (nSPS) is 11.2. The summed E-state index contributed by atoms with van der Waals surface area (Å²) in [5, 5.41) is -0.110. The van der Waals surface area contributed by atoms with Gasteiger partial charge in [-0.1, -0.05) is 23.2 Å². The molecule has 0 spiro atoms. The van der Waals surface area contributed by atoms with Gasteiger partial charge in [-0.2, -0.15) is 0 Å². The lowest BCUT2D eigenvalue weighted by Gasteiger charge is -2.15. The summed E-state index contributed by atoms with van der Waals surface area (Å²) in [5.41, 5.74) is 0.244. The van der Waals surface area contributed by atoms with Crippen molar-refractivity contribution in [3.05, 3.63) is 40.6 Å². The van der Waals surface area contributed by atoms with E-state index >= 15 is 0 Å². The summed E-state index contributed by atoms with van der Waals surface area (Å²) >= 11 is 11.6. The van der Waals surface area contributed by atoms with E-state index in [1.54, 1.807) is 25.1 Å². The Kier molecular flexibility index (Phi) is 6.15. The quantitative estimate of drug-likeness (QED) is 0.723. The smallest absolute Gasteiger partial charge is 0.265 e. The third-order valence-electron chi connectivity index (χ3n) is 2.88. The zero-order valence-electron chi connectivity index (χ0n) is 13.0. The summed E-state index contributed by atoms with van der Waals surface area (Å²) in [7, 11) is -3.97. The standard InChI is InChI=1S/C15H16Cl2N2O4S/c1-3-22-10-5-6-12(23-4-2)11(9-10)19-24(20,21)13-7-8-14(16)18-15(13)17/h5-9,19H,3-4H2,1-2H3. The number of halogens is 2. The molecule has 0 aliphatic carbocycles. The lowest BCUT2D eigenvalue weighted by atomic mass is 10.3. The predicted molar refractivity (Wildman–Crippen MR) is 93.8 cm³/mol. The van der Waals surface area contributed by atoms with E-state index in [2.05, 4.69) is 9.71 Å². The number of hydrogen-bond donors (Lipinski definition) is 1. The molecule has 130 valence electrons. The van der Waals surface area contributed by atoms with Crippen molar-refractivity contribution in [2.24, 2.45) is 0 Å². The largest absolute Gasteiger partial charge is 0.494 e. The molecule has 1 heterocycles. The van der Waals surface area contributed by atoms with Gasteiger partial charge in [0.1, 0.15) is 21.5 Å². The molecule has 0 saturated heterocycles. The van der Waals surface area contributed by atoms with Gasteiger partial charge in [0.2, 0.25) is 0 Å². The van der Waals surface area contributed by atoms with Crippen LogP contribution in [0, 0.1) is 0 Å². The van der Waals surface area contributed by atoms with E-state index in [9.17, 15) is 8.42 Å². The fraction of sp³-hybridized carbons (Fsp3) is 0.267. The van der Waals surface area contributed by atoms with Crippen molar-refractivity contribution in [1.29, 1.82) is 0 Å². The van der Waals surface area contributed by atoms with Crippen LogP contribution in [0.25, 0.3) is 0 Å². The molecule has 24 heavy (non-hydrogen) atoms. The van der Waals surface area contributed by atoms with Gasteiger partial charge in [0, 0.05) is 6.07 Å². The Balaban J connectivity index is 2.42. The minimum Gasteiger partial charge on any atom is -0.494 e. The van der Waals surface area contributed by atoms with E-state index in [0.717, 1.165) is 0 Å². The molecule has 0 aliphatic rings. The molecule has 0 amide bonds. The summed E-state index contributed by atoms with van der Waals surface area (Å²) < 4.78 is 38.5. The first-order chi connectivity index (χ1) is 11.4. The second-order valence-electron chi connectivity index (χ2n) is 4.55. The van der Waals surface area contributed by atoms with Gasteiger partial charge in [-0.25, -0.2) is 13.4 Å². The fourth-order valence-corrected chi connectivity index (χ4v) is 3.65. The average Bonchev–Trinajstić information content (AvgIpc) is 2.49. The summed E-state index contributed by atoms with van der Waals surface area (Å²) in [4.78, 5) is 3.56. The number of nitrogens with zero attached hydrogens (tertiary/aromatic N) is 1. The van der Waals surface area contributed by atoms with Gasteiger partial charge >= 0.3 is 0 Å². The van der Waals surface area contributed by atoms with E-state index < -0.39 is 10.0 Å². The van der Waals surface area contributed by atoms with Crippen molar-refractivity contribution in [2.45, 2.75) is 18.7 Å². The highest BCUT2D eigenvalue weighted by Crippen LogP contribution is 2.32. The van der Waals surface area contributed by atoms with Crippen LogP contribution in [0.15, 0.2) is 35.2 Å². The molecule has 1 N–H and O–H groups in total. The number of nitrogens with one attached hydrogen (secondary N) is 1. The van der Waals surface area contributed by atoms with Crippen LogP contribution in [0.5, 0.6) is 11.5 Å². The van der Waals surface area contributed by atoms with E-state index in [1.165, 1.54) is 12.1 Å². The molecule has 0 aliphatic heterocycles. The molecule has 0 fully saturated rings. The zero-order valence-corrected chi connectivity index (χ0v) is 15.4. The Labute approximate surface area is 150 Å². The van der Waals surface area contributed by atoms with Gasteiger partial charge in [-0.3, -0.25) is 4.72 Å². The van der Waals surface area contributed by atoms with Crippen molar-refractivity contribution >= 4 is 38.9 Å². The second-order valence-corrected chi connectivity index (χ2v) is 6.95. The Morgan fingerprint density at radius 2 is 1.79 bits per heavy atom. The minimum absolute atomic E-state index is 0.104. The van der Waals surface area contributed by atoms with Gasteiger partial charge < -0.3 is 9.47 Å². The highest BCUT2D eigenvalue weighted by atomic mass is 35.5. The Bertz CT molecular complexity index is 828. The van der Waals surface area contributed by atoms with Gasteiger partial charge in [0.25, 0.3) is 10.0 Å². The Morgan fingerprint density at radius 3 is 2.42 bits per heavy atom. The van der Waals surface area contributed by atoms with E-state index in [-0.39, 0.29) is 20.9 Å². The maximum absolute atomic E-state index is 12.6. The highest BCUT2D eigenvalue weighted by molar-refractivity contribution is 7.92. The van der Waals surface area contributed by atoms with Crippen LogP contribution in [0.3, 0.4) is 0 Å². The Morgan fingerprint density at radius 1 is 1.08 bits per heavy atom. The third kappa shape index (κ3) is 4.43. The van der Waals surface area contributed by atoms with Gasteiger partial charge in [0.15, 0.2) is 5.15 Å². The SMILES string of the molecule is CCOc1ccc(OCC)c(NS(=O)(=O)c2ccc(Cl)nc2Cl)c1. The maximum Gasteiger partial charge on any atom is 0.265 e. The van der Waals surface area contributed by atoms with Crippen LogP contribution in [-0.2, 0) is 10.0 Å². The summed E-state index contributed by atoms with van der Waals surface area (Å²) in [6.45, 7) is 4.47. The fourth-order valence-electron chi connectivity index (χ4n) is 1.93. The molecule has 1 aromatic carbocycles. The Hall–Kier alpha value is -1.70. The lowest BCUT2D eigenvalue weighted by Crippen LogP contribution is -2.15. The molecule has 0 radical (unpaired) electrons. The van der Waals surface area contributed by atoms with E-state index in [4.69, 9.17) is 32.7 Å². The predicted octanol–water partition coefficient (Wildman–Crippen LogP) is 3.99. The summed E-state index contributed by atoms with van der Waals surface area (Å²) in [6.07, 6.45) is 0. The van der Waals surface area contributed by atoms with Crippen LogP contribution >= 0.6 is 23.2 Å². The number of pyridine rings is 1. The average molecular weight is 391 g/mol. The molecule has 9 heteroatoms. The molecule has 0 saturated carbocycles. The van der Waals surface area contributed by atoms with Crippen LogP contribution in [-0.4, -0.2) is 26.6 Å². The van der Waals surface area contributed by atoms with E-state index in [0.29, 0.717) is 24.7 Å². The van der Waals surface area contributed by atoms with Gasteiger partial charge in [-0.15, -0.1) is 0 Å². The first-order valence-electron chi connectivity index (χ1n) is 7.12. The number of sulfonamides is 1. The first kappa shape index (κ1) is 18.6. The number of hydrogen-bond acceptors (Lipinski definition) is 5. The minimum atomic E-state index is -3.97. The van der Waals surface area contributed by atoms with Crippen molar-refractivity contribution in [2.75, 3.05) is 17.9 Å². The van der Waals surface area contributed by atoms with Gasteiger partial charge in [-0.05, 0) is 38.1 Å². The van der Waals surface area contributed by atoms with Crippen molar-refractivity contribution in [1.82, 2.24) is 4.98 Å². The summed E-state index contributed by atoms with van der Waals surface area (Å²) in [5.74, 6) is 0.890. The maximum atomic E-state index is 12.6. The number of aromatic nitrogens is 1. The molecule has 6 nitrogen and oxygen atoms in total. The number of ether oxygens (including phenoxy) is 2. The van der Waals surface area contributed by atoms with Gasteiger partial charge in [0.05, 0.1) is 18.9 Å². The monoisotopic (exact) mass is 390 g/mol. The van der Waals surface area contributed by atoms with Crippen molar-refractivity contribution in [3.8, 4) is 11.5 Å². The third-order valence-corrected chi connectivity index (χ3v) is 4.88. The zero-order chi connectivity index (χ0) is 17.7. The molecular formula is C15H16Cl2N2O4S. The molecule has 2 aromatic rings. The number of anilines is 1. The highest BCUT2D eigenvalue weighted by Gasteiger charge is 2.21. The van der Waals surface area contributed by atoms with Crippen LogP contribution in [0.1, 0.15) is 13.8 Å².